The van der Waals surface area contributed by atoms with E-state index in [9.17, 15) is 18.0 Å². The zero-order chi connectivity index (χ0) is 15.6. The second kappa shape index (κ2) is 5.93. The van der Waals surface area contributed by atoms with Crippen molar-refractivity contribution in [3.8, 4) is 5.75 Å². The average molecular weight is 302 g/mol. The molecule has 116 valence electrons. The number of hydrogen-bond acceptors (Lipinski definition) is 3. The summed E-state index contributed by atoms with van der Waals surface area (Å²) in [5.74, 6) is -0.686. The van der Waals surface area contributed by atoms with Crippen molar-refractivity contribution >= 4 is 5.91 Å². The Bertz CT molecular complexity index is 519. The third-order valence-electron chi connectivity index (χ3n) is 3.38. The van der Waals surface area contributed by atoms with Crippen LogP contribution in [0.15, 0.2) is 24.3 Å². The van der Waals surface area contributed by atoms with Gasteiger partial charge >= 0.3 is 6.18 Å². The van der Waals surface area contributed by atoms with Crippen molar-refractivity contribution in [1.82, 2.24) is 4.90 Å². The fourth-order valence-corrected chi connectivity index (χ4v) is 2.29. The van der Waals surface area contributed by atoms with E-state index in [4.69, 9.17) is 10.5 Å². The van der Waals surface area contributed by atoms with Crippen LogP contribution in [0.1, 0.15) is 18.9 Å². The minimum atomic E-state index is -4.52. The molecule has 4 nitrogen and oxygen atoms in total. The van der Waals surface area contributed by atoms with Crippen molar-refractivity contribution < 1.29 is 22.7 Å². The molecule has 1 heterocycles. The minimum Gasteiger partial charge on any atom is -0.480 e. The lowest BCUT2D eigenvalue weighted by Crippen LogP contribution is -2.40. The van der Waals surface area contributed by atoms with Gasteiger partial charge in [-0.15, -0.1) is 0 Å². The van der Waals surface area contributed by atoms with Gasteiger partial charge in [-0.3, -0.25) is 4.79 Å². The van der Waals surface area contributed by atoms with Crippen LogP contribution in [0.5, 0.6) is 5.75 Å². The van der Waals surface area contributed by atoms with Crippen LogP contribution in [-0.2, 0) is 11.0 Å². The fourth-order valence-electron chi connectivity index (χ4n) is 2.29. The number of para-hydroxylation sites is 1. The number of carbonyl (C=O) groups is 1. The third-order valence-corrected chi connectivity index (χ3v) is 3.38. The van der Waals surface area contributed by atoms with Crippen LogP contribution in [-0.4, -0.2) is 36.0 Å². The highest BCUT2D eigenvalue weighted by Gasteiger charge is 2.35. The average Bonchev–Trinajstić information content (AvgIpc) is 2.84. The normalized spacial score (nSPS) is 20.4. The zero-order valence-electron chi connectivity index (χ0n) is 11.6. The summed E-state index contributed by atoms with van der Waals surface area (Å²) in [5, 5.41) is 0. The van der Waals surface area contributed by atoms with Crippen LogP contribution in [0.3, 0.4) is 0 Å². The Hall–Kier alpha value is -1.76. The van der Waals surface area contributed by atoms with Crippen LogP contribution in [0.2, 0.25) is 0 Å². The van der Waals surface area contributed by atoms with Gasteiger partial charge in [0.05, 0.1) is 5.56 Å². The molecular weight excluding hydrogens is 285 g/mol. The number of nitrogens with two attached hydrogens (primary N) is 1. The Labute approximate surface area is 120 Å². The highest BCUT2D eigenvalue weighted by atomic mass is 19.4. The first-order chi connectivity index (χ1) is 9.79. The van der Waals surface area contributed by atoms with Gasteiger partial charge < -0.3 is 15.4 Å². The Balaban J connectivity index is 2.09. The summed E-state index contributed by atoms with van der Waals surface area (Å²) in [6.07, 6.45) is -4.81. The van der Waals surface area contributed by atoms with Gasteiger partial charge in [-0.05, 0) is 25.5 Å². The van der Waals surface area contributed by atoms with Crippen molar-refractivity contribution in [3.05, 3.63) is 29.8 Å². The van der Waals surface area contributed by atoms with E-state index in [2.05, 4.69) is 0 Å². The van der Waals surface area contributed by atoms with E-state index in [1.807, 2.05) is 0 Å². The first-order valence-electron chi connectivity index (χ1n) is 6.66. The molecule has 1 aromatic rings. The van der Waals surface area contributed by atoms with Crippen molar-refractivity contribution in [2.24, 2.45) is 5.73 Å². The summed E-state index contributed by atoms with van der Waals surface area (Å²) in [6, 6.07) is 4.78. The molecule has 0 radical (unpaired) electrons. The lowest BCUT2D eigenvalue weighted by atomic mass is 10.2. The SMILES string of the molecule is C[C@H](Oc1ccccc1C(F)(F)F)C(=O)N1CC[C@@H](N)C1. The Morgan fingerprint density at radius 3 is 2.67 bits per heavy atom. The number of carbonyl (C=O) groups excluding carboxylic acids is 1. The fraction of sp³-hybridized carbons (Fsp3) is 0.500. The molecule has 1 aromatic carbocycles. The van der Waals surface area contributed by atoms with E-state index in [1.165, 1.54) is 30.0 Å². The molecule has 1 fully saturated rings. The number of nitrogens with zero attached hydrogens (tertiary/aromatic N) is 1. The van der Waals surface area contributed by atoms with E-state index in [0.29, 0.717) is 19.5 Å². The number of benzene rings is 1. The summed E-state index contributed by atoms with van der Waals surface area (Å²) in [6.45, 7) is 2.36. The van der Waals surface area contributed by atoms with Crippen LogP contribution in [0, 0.1) is 0 Å². The molecule has 0 unspecified atom stereocenters. The molecular formula is C14H17F3N2O2. The van der Waals surface area contributed by atoms with Gasteiger partial charge in [-0.1, -0.05) is 12.1 Å². The number of alkyl halides is 3. The largest absolute Gasteiger partial charge is 0.480 e. The van der Waals surface area contributed by atoms with Crippen molar-refractivity contribution in [2.75, 3.05) is 13.1 Å². The standard InChI is InChI=1S/C14H17F3N2O2/c1-9(13(20)19-7-6-10(18)8-19)21-12-5-3-2-4-11(12)14(15,16)17/h2-5,9-10H,6-8,18H2,1H3/t9-,10+/m0/s1. The molecule has 0 spiro atoms. The third kappa shape index (κ3) is 3.66. The predicted molar refractivity (Wildman–Crippen MR) is 70.7 cm³/mol. The monoisotopic (exact) mass is 302 g/mol. The van der Waals surface area contributed by atoms with Crippen molar-refractivity contribution in [2.45, 2.75) is 31.7 Å². The molecule has 1 saturated heterocycles. The van der Waals surface area contributed by atoms with Crippen molar-refractivity contribution in [3.63, 3.8) is 0 Å². The van der Waals surface area contributed by atoms with Gasteiger partial charge in [0.2, 0.25) is 0 Å². The van der Waals surface area contributed by atoms with Crippen LogP contribution in [0.25, 0.3) is 0 Å². The molecule has 1 aliphatic rings. The first kappa shape index (κ1) is 15.6. The number of likely N-dealkylation sites (tertiary alicyclic amines) is 1. The topological polar surface area (TPSA) is 55.6 Å². The quantitative estimate of drug-likeness (QED) is 0.929. The summed E-state index contributed by atoms with van der Waals surface area (Å²) < 4.78 is 43.8. The molecule has 1 aliphatic heterocycles. The van der Waals surface area contributed by atoms with E-state index >= 15 is 0 Å². The molecule has 0 aliphatic carbocycles. The lowest BCUT2D eigenvalue weighted by molar-refractivity contribution is -0.143. The molecule has 1 amide bonds. The maximum atomic E-state index is 12.9. The second-order valence-electron chi connectivity index (χ2n) is 5.09. The minimum absolute atomic E-state index is 0.0800. The van der Waals surface area contributed by atoms with Gasteiger partial charge in [0.15, 0.2) is 6.10 Å². The molecule has 21 heavy (non-hydrogen) atoms. The van der Waals surface area contributed by atoms with Crippen LogP contribution < -0.4 is 10.5 Å². The summed E-state index contributed by atoms with van der Waals surface area (Å²) in [4.78, 5) is 13.6. The second-order valence-corrected chi connectivity index (χ2v) is 5.09. The van der Waals surface area contributed by atoms with E-state index in [0.717, 1.165) is 6.07 Å². The Morgan fingerprint density at radius 2 is 2.10 bits per heavy atom. The van der Waals surface area contributed by atoms with Crippen LogP contribution in [0.4, 0.5) is 13.2 Å². The smallest absolute Gasteiger partial charge is 0.419 e. The number of hydrogen-bond donors (Lipinski definition) is 1. The Morgan fingerprint density at radius 1 is 1.43 bits per heavy atom. The molecule has 2 rings (SSSR count). The lowest BCUT2D eigenvalue weighted by Gasteiger charge is -2.23. The highest BCUT2D eigenvalue weighted by molar-refractivity contribution is 5.81. The first-order valence-corrected chi connectivity index (χ1v) is 6.66. The molecule has 7 heteroatoms. The van der Waals surface area contributed by atoms with Gasteiger partial charge in [0.1, 0.15) is 5.75 Å². The van der Waals surface area contributed by atoms with Gasteiger partial charge in [0, 0.05) is 19.1 Å². The van der Waals surface area contributed by atoms with Crippen LogP contribution >= 0.6 is 0 Å². The Kier molecular flexibility index (Phi) is 4.41. The summed E-state index contributed by atoms with van der Waals surface area (Å²) in [5.41, 5.74) is 4.83. The maximum absolute atomic E-state index is 12.9. The molecule has 0 bridgehead atoms. The van der Waals surface area contributed by atoms with Gasteiger partial charge in [-0.25, -0.2) is 0 Å². The van der Waals surface area contributed by atoms with Gasteiger partial charge in [0.25, 0.3) is 5.91 Å². The van der Waals surface area contributed by atoms with E-state index in [-0.39, 0.29) is 17.7 Å². The summed E-state index contributed by atoms with van der Waals surface area (Å²) in [7, 11) is 0. The highest BCUT2D eigenvalue weighted by Crippen LogP contribution is 2.36. The molecule has 0 saturated carbocycles. The predicted octanol–water partition coefficient (Wildman–Crippen LogP) is 2.03. The zero-order valence-corrected chi connectivity index (χ0v) is 11.6. The van der Waals surface area contributed by atoms with Crippen molar-refractivity contribution in [1.29, 1.82) is 0 Å². The maximum Gasteiger partial charge on any atom is 0.419 e. The summed E-state index contributed by atoms with van der Waals surface area (Å²) >= 11 is 0. The van der Waals surface area contributed by atoms with E-state index < -0.39 is 17.8 Å². The number of ether oxygens (including phenoxy) is 1. The molecule has 2 N–H and O–H groups in total. The molecule has 2 atom stereocenters. The molecule has 0 aromatic heterocycles. The number of amides is 1. The van der Waals surface area contributed by atoms with E-state index in [1.54, 1.807) is 0 Å². The van der Waals surface area contributed by atoms with Gasteiger partial charge in [-0.2, -0.15) is 13.2 Å². The number of rotatable bonds is 3. The number of halogens is 3.